The molecule has 0 saturated carbocycles. The highest BCUT2D eigenvalue weighted by molar-refractivity contribution is 6.07. The molecule has 0 N–H and O–H groups in total. The number of para-hydroxylation sites is 1. The molecule has 0 fully saturated rings. The van der Waals surface area contributed by atoms with Gasteiger partial charge in [0.15, 0.2) is 5.78 Å². The van der Waals surface area contributed by atoms with E-state index in [4.69, 9.17) is 4.74 Å². The highest BCUT2D eigenvalue weighted by Crippen LogP contribution is 2.46. The lowest BCUT2D eigenvalue weighted by Gasteiger charge is -2.39. The summed E-state index contributed by atoms with van der Waals surface area (Å²) in [6.07, 6.45) is 2.35. The van der Waals surface area contributed by atoms with E-state index in [0.717, 1.165) is 52.2 Å². The number of carbonyl (C=O) groups is 2. The molecule has 0 bridgehead atoms. The number of aryl methyl sites for hydroxylation is 2. The molecule has 2 aromatic carbocycles. The lowest BCUT2D eigenvalue weighted by atomic mass is 9.76. The topological polar surface area (TPSA) is 46.6 Å². The maximum absolute atomic E-state index is 13.4. The van der Waals surface area contributed by atoms with Gasteiger partial charge in [-0.05, 0) is 51.3 Å². The molecule has 0 aromatic heterocycles. The van der Waals surface area contributed by atoms with E-state index >= 15 is 0 Å². The Bertz CT molecular complexity index is 1000. The van der Waals surface area contributed by atoms with Gasteiger partial charge >= 0.3 is 0 Å². The summed E-state index contributed by atoms with van der Waals surface area (Å²) in [6, 6.07) is 13.9. The number of ketones is 1. The number of benzene rings is 2. The molecule has 1 aliphatic heterocycles. The third kappa shape index (κ3) is 3.48. The summed E-state index contributed by atoms with van der Waals surface area (Å²) in [7, 11) is 0. The van der Waals surface area contributed by atoms with Gasteiger partial charge in [-0.15, -0.1) is 0 Å². The largest absolute Gasteiger partial charge is 0.494 e. The van der Waals surface area contributed by atoms with Gasteiger partial charge in [0, 0.05) is 35.6 Å². The minimum Gasteiger partial charge on any atom is -0.494 e. The van der Waals surface area contributed by atoms with Crippen LogP contribution >= 0.6 is 0 Å². The molecule has 1 amide bonds. The van der Waals surface area contributed by atoms with Crippen molar-refractivity contribution in [3.05, 3.63) is 70.4 Å². The molecule has 2 aromatic rings. The lowest BCUT2D eigenvalue weighted by Crippen LogP contribution is -2.41. The number of hydrogen-bond donors (Lipinski definition) is 0. The van der Waals surface area contributed by atoms with Crippen LogP contribution in [0.1, 0.15) is 55.2 Å². The fraction of sp³-hybridized carbons (Fsp3) is 0.360. The second-order valence-corrected chi connectivity index (χ2v) is 7.88. The van der Waals surface area contributed by atoms with Crippen molar-refractivity contribution < 1.29 is 14.3 Å². The predicted molar refractivity (Wildman–Crippen MR) is 114 cm³/mol. The van der Waals surface area contributed by atoms with Crippen LogP contribution in [0.5, 0.6) is 5.75 Å². The van der Waals surface area contributed by atoms with Crippen LogP contribution in [0.15, 0.2) is 53.7 Å². The second-order valence-electron chi connectivity index (χ2n) is 7.88. The number of ether oxygens (including phenoxy) is 1. The number of hydrogen-bond acceptors (Lipinski definition) is 3. The van der Waals surface area contributed by atoms with Crippen molar-refractivity contribution in [2.45, 2.75) is 52.4 Å². The summed E-state index contributed by atoms with van der Waals surface area (Å²) in [6.45, 7) is 6.56. The maximum atomic E-state index is 13.4. The summed E-state index contributed by atoms with van der Waals surface area (Å²) < 4.78 is 5.83. The summed E-state index contributed by atoms with van der Waals surface area (Å²) in [4.78, 5) is 28.3. The highest BCUT2D eigenvalue weighted by Gasteiger charge is 2.40. The third-order valence-corrected chi connectivity index (χ3v) is 5.86. The Kier molecular flexibility index (Phi) is 5.27. The SMILES string of the molecule is CCOc1ccccc1C1CC(=O)N(c2ccc(C)cc2C)C2=C1C(=O)CCC2. The number of Topliss-reactive ketones (excluding diaryl/α,β-unsaturated/α-hetero) is 1. The van der Waals surface area contributed by atoms with E-state index in [9.17, 15) is 9.59 Å². The molecular weight excluding hydrogens is 362 g/mol. The number of anilines is 1. The van der Waals surface area contributed by atoms with Crippen LogP contribution in [-0.4, -0.2) is 18.3 Å². The van der Waals surface area contributed by atoms with Crippen LogP contribution in [0.25, 0.3) is 0 Å². The molecule has 1 heterocycles. The maximum Gasteiger partial charge on any atom is 0.232 e. The van der Waals surface area contributed by atoms with Crippen LogP contribution in [-0.2, 0) is 9.59 Å². The van der Waals surface area contributed by atoms with Gasteiger partial charge in [0.2, 0.25) is 5.91 Å². The van der Waals surface area contributed by atoms with E-state index in [0.29, 0.717) is 13.0 Å². The first-order valence-corrected chi connectivity index (χ1v) is 10.4. The van der Waals surface area contributed by atoms with Crippen LogP contribution in [0.3, 0.4) is 0 Å². The van der Waals surface area contributed by atoms with Crippen LogP contribution < -0.4 is 9.64 Å². The Morgan fingerprint density at radius 1 is 1.07 bits per heavy atom. The number of allylic oxidation sites excluding steroid dienone is 2. The van der Waals surface area contributed by atoms with Gasteiger partial charge < -0.3 is 4.74 Å². The molecule has 1 atom stereocenters. The molecule has 4 nitrogen and oxygen atoms in total. The third-order valence-electron chi connectivity index (χ3n) is 5.86. The van der Waals surface area contributed by atoms with Gasteiger partial charge in [-0.1, -0.05) is 35.9 Å². The average molecular weight is 389 g/mol. The molecule has 1 unspecified atom stereocenters. The molecule has 150 valence electrons. The lowest BCUT2D eigenvalue weighted by molar-refractivity contribution is -0.119. The first-order chi connectivity index (χ1) is 14.0. The zero-order chi connectivity index (χ0) is 20.5. The van der Waals surface area contributed by atoms with Crippen molar-refractivity contribution in [2.24, 2.45) is 0 Å². The van der Waals surface area contributed by atoms with E-state index in [2.05, 4.69) is 6.07 Å². The fourth-order valence-electron chi connectivity index (χ4n) is 4.65. The van der Waals surface area contributed by atoms with Crippen molar-refractivity contribution in [1.29, 1.82) is 0 Å². The summed E-state index contributed by atoms with van der Waals surface area (Å²) >= 11 is 0. The van der Waals surface area contributed by atoms with Gasteiger partial charge in [-0.2, -0.15) is 0 Å². The van der Waals surface area contributed by atoms with E-state index < -0.39 is 0 Å². The monoisotopic (exact) mass is 389 g/mol. The zero-order valence-electron chi connectivity index (χ0n) is 17.3. The zero-order valence-corrected chi connectivity index (χ0v) is 17.3. The average Bonchev–Trinajstić information content (AvgIpc) is 2.69. The molecule has 1 aliphatic carbocycles. The van der Waals surface area contributed by atoms with E-state index in [1.54, 1.807) is 4.90 Å². The Hall–Kier alpha value is -2.88. The number of rotatable bonds is 4. The summed E-state index contributed by atoms with van der Waals surface area (Å²) in [5, 5.41) is 0. The fourth-order valence-corrected chi connectivity index (χ4v) is 4.65. The van der Waals surface area contributed by atoms with Gasteiger partial charge in [-0.25, -0.2) is 0 Å². The standard InChI is InChI=1S/C25H27NO3/c1-4-29-23-11-6-5-8-18(23)19-15-24(28)26(20-13-12-16(2)14-17(20)3)21-9-7-10-22(27)25(19)21/h5-6,8,11-14,19H,4,7,9-10,15H2,1-3H3. The van der Waals surface area contributed by atoms with Gasteiger partial charge in [-0.3, -0.25) is 14.5 Å². The van der Waals surface area contributed by atoms with E-state index in [1.807, 2.05) is 57.2 Å². The predicted octanol–water partition coefficient (Wildman–Crippen LogP) is 5.23. The minimum atomic E-state index is -0.241. The van der Waals surface area contributed by atoms with Crippen molar-refractivity contribution in [1.82, 2.24) is 0 Å². The summed E-state index contributed by atoms with van der Waals surface area (Å²) in [5.41, 5.74) is 5.71. The van der Waals surface area contributed by atoms with E-state index in [-0.39, 0.29) is 24.0 Å². The smallest absolute Gasteiger partial charge is 0.232 e. The molecule has 4 rings (SSSR count). The van der Waals surface area contributed by atoms with Crippen LogP contribution in [0, 0.1) is 13.8 Å². The highest BCUT2D eigenvalue weighted by atomic mass is 16.5. The molecule has 29 heavy (non-hydrogen) atoms. The van der Waals surface area contributed by atoms with Gasteiger partial charge in [0.1, 0.15) is 5.75 Å². The molecule has 0 spiro atoms. The van der Waals surface area contributed by atoms with Crippen molar-refractivity contribution >= 4 is 17.4 Å². The van der Waals surface area contributed by atoms with E-state index in [1.165, 1.54) is 0 Å². The normalized spacial score (nSPS) is 19.4. The number of carbonyl (C=O) groups excluding carboxylic acids is 2. The second kappa shape index (κ2) is 7.86. The van der Waals surface area contributed by atoms with Crippen molar-refractivity contribution in [3.63, 3.8) is 0 Å². The van der Waals surface area contributed by atoms with Crippen LogP contribution in [0.2, 0.25) is 0 Å². The number of nitrogens with zero attached hydrogens (tertiary/aromatic N) is 1. The molecular formula is C25H27NO3. The first-order valence-electron chi connectivity index (χ1n) is 10.4. The quantitative estimate of drug-likeness (QED) is 0.719. The molecule has 4 heteroatoms. The van der Waals surface area contributed by atoms with Crippen molar-refractivity contribution in [2.75, 3.05) is 11.5 Å². The Morgan fingerprint density at radius 2 is 1.86 bits per heavy atom. The van der Waals surface area contributed by atoms with Crippen LogP contribution in [0.4, 0.5) is 5.69 Å². The van der Waals surface area contributed by atoms with Gasteiger partial charge in [0.05, 0.1) is 12.3 Å². The summed E-state index contributed by atoms with van der Waals surface area (Å²) in [5.74, 6) is 0.722. The number of amides is 1. The molecule has 0 radical (unpaired) electrons. The Balaban J connectivity index is 1.88. The Labute approximate surface area is 172 Å². The first kappa shape index (κ1) is 19.4. The Morgan fingerprint density at radius 3 is 2.62 bits per heavy atom. The van der Waals surface area contributed by atoms with Gasteiger partial charge in [0.25, 0.3) is 0 Å². The minimum absolute atomic E-state index is 0.0432. The molecule has 2 aliphatic rings. The van der Waals surface area contributed by atoms with Crippen molar-refractivity contribution in [3.8, 4) is 5.75 Å². The molecule has 0 saturated heterocycles.